The number of nitro benzene ring substituents is 1. The minimum Gasteiger partial charge on any atom is -0.396 e. The summed E-state index contributed by atoms with van der Waals surface area (Å²) >= 11 is 0. The number of aliphatic hydroxyl groups is 1. The summed E-state index contributed by atoms with van der Waals surface area (Å²) < 4.78 is 12.9. The van der Waals surface area contributed by atoms with Crippen molar-refractivity contribution in [2.45, 2.75) is 25.8 Å². The van der Waals surface area contributed by atoms with Gasteiger partial charge in [0.1, 0.15) is 11.5 Å². The molecule has 1 aromatic rings. The molecule has 2 N–H and O–H groups in total. The first-order valence-electron chi connectivity index (χ1n) is 5.39. The van der Waals surface area contributed by atoms with Gasteiger partial charge in [-0.05, 0) is 25.0 Å². The Labute approximate surface area is 98.4 Å². The first-order chi connectivity index (χ1) is 8.08. The van der Waals surface area contributed by atoms with Crippen molar-refractivity contribution < 1.29 is 14.4 Å². The summed E-state index contributed by atoms with van der Waals surface area (Å²) in [4.78, 5) is 10.1. The molecule has 0 heterocycles. The van der Waals surface area contributed by atoms with Gasteiger partial charge < -0.3 is 10.4 Å². The normalized spacial score (nSPS) is 12.2. The maximum atomic E-state index is 12.9. The summed E-state index contributed by atoms with van der Waals surface area (Å²) in [7, 11) is 0. The van der Waals surface area contributed by atoms with E-state index >= 15 is 0 Å². The third-order valence-corrected chi connectivity index (χ3v) is 2.49. The minimum atomic E-state index is -0.641. The zero-order valence-corrected chi connectivity index (χ0v) is 9.52. The molecule has 0 spiro atoms. The molecule has 0 aliphatic heterocycles. The molecule has 0 radical (unpaired) electrons. The molecule has 1 unspecified atom stereocenters. The van der Waals surface area contributed by atoms with E-state index in [1.165, 1.54) is 12.1 Å². The fourth-order valence-electron chi connectivity index (χ4n) is 1.53. The Morgan fingerprint density at radius 3 is 2.82 bits per heavy atom. The van der Waals surface area contributed by atoms with E-state index < -0.39 is 10.7 Å². The SMILES string of the molecule is CCC(CCO)Nc1ccc(F)cc1[N+](=O)[O-]. The highest BCUT2D eigenvalue weighted by Crippen LogP contribution is 2.26. The van der Waals surface area contributed by atoms with Crippen molar-refractivity contribution >= 4 is 11.4 Å². The van der Waals surface area contributed by atoms with Gasteiger partial charge in [-0.25, -0.2) is 4.39 Å². The average molecular weight is 242 g/mol. The molecule has 0 aliphatic rings. The van der Waals surface area contributed by atoms with E-state index in [0.717, 1.165) is 12.5 Å². The van der Waals surface area contributed by atoms with E-state index in [0.29, 0.717) is 6.42 Å². The third-order valence-electron chi connectivity index (χ3n) is 2.49. The van der Waals surface area contributed by atoms with Crippen LogP contribution in [-0.4, -0.2) is 22.7 Å². The van der Waals surface area contributed by atoms with Crippen LogP contribution in [0.1, 0.15) is 19.8 Å². The number of anilines is 1. The van der Waals surface area contributed by atoms with E-state index in [2.05, 4.69) is 5.32 Å². The molecule has 0 aliphatic carbocycles. The maximum Gasteiger partial charge on any atom is 0.295 e. The molecular formula is C11H15FN2O3. The van der Waals surface area contributed by atoms with E-state index in [-0.39, 0.29) is 24.0 Å². The molecule has 17 heavy (non-hydrogen) atoms. The Morgan fingerprint density at radius 1 is 1.59 bits per heavy atom. The number of nitrogens with zero attached hydrogens (tertiary/aromatic N) is 1. The van der Waals surface area contributed by atoms with Crippen LogP contribution in [0.15, 0.2) is 18.2 Å². The van der Waals surface area contributed by atoms with E-state index in [4.69, 9.17) is 5.11 Å². The first-order valence-corrected chi connectivity index (χ1v) is 5.39. The molecule has 5 nitrogen and oxygen atoms in total. The fraction of sp³-hybridized carbons (Fsp3) is 0.455. The standard InChI is InChI=1S/C11H15FN2O3/c1-2-9(5-6-15)13-10-4-3-8(12)7-11(10)14(16)17/h3-4,7,9,13,15H,2,5-6H2,1H3. The van der Waals surface area contributed by atoms with Gasteiger partial charge >= 0.3 is 0 Å². The summed E-state index contributed by atoms with van der Waals surface area (Å²) in [6.45, 7) is 1.91. The largest absolute Gasteiger partial charge is 0.396 e. The van der Waals surface area contributed by atoms with E-state index in [1.807, 2.05) is 6.92 Å². The molecule has 0 bridgehead atoms. The van der Waals surface area contributed by atoms with Crippen LogP contribution in [0, 0.1) is 15.9 Å². The number of aliphatic hydroxyl groups excluding tert-OH is 1. The van der Waals surface area contributed by atoms with Crippen molar-refractivity contribution in [1.29, 1.82) is 0 Å². The van der Waals surface area contributed by atoms with Crippen LogP contribution in [0.5, 0.6) is 0 Å². The number of nitrogens with one attached hydrogen (secondary N) is 1. The van der Waals surface area contributed by atoms with Crippen molar-refractivity contribution in [3.05, 3.63) is 34.1 Å². The van der Waals surface area contributed by atoms with Crippen LogP contribution >= 0.6 is 0 Å². The van der Waals surface area contributed by atoms with Gasteiger partial charge in [-0.2, -0.15) is 0 Å². The van der Waals surface area contributed by atoms with Crippen LogP contribution in [-0.2, 0) is 0 Å². The van der Waals surface area contributed by atoms with Crippen LogP contribution in [0.3, 0.4) is 0 Å². The van der Waals surface area contributed by atoms with Gasteiger partial charge in [-0.3, -0.25) is 10.1 Å². The average Bonchev–Trinajstić information content (AvgIpc) is 2.30. The van der Waals surface area contributed by atoms with E-state index in [9.17, 15) is 14.5 Å². The van der Waals surface area contributed by atoms with Gasteiger partial charge in [-0.1, -0.05) is 6.92 Å². The van der Waals surface area contributed by atoms with Crippen molar-refractivity contribution in [2.24, 2.45) is 0 Å². The van der Waals surface area contributed by atoms with Gasteiger partial charge in [-0.15, -0.1) is 0 Å². The number of halogens is 1. The van der Waals surface area contributed by atoms with Gasteiger partial charge in [0.2, 0.25) is 0 Å². The lowest BCUT2D eigenvalue weighted by Crippen LogP contribution is -2.20. The quantitative estimate of drug-likeness (QED) is 0.593. The summed E-state index contributed by atoms with van der Waals surface area (Å²) in [5, 5.41) is 22.5. The fourth-order valence-corrected chi connectivity index (χ4v) is 1.53. The highest BCUT2D eigenvalue weighted by atomic mass is 19.1. The Balaban J connectivity index is 2.92. The number of rotatable bonds is 6. The minimum absolute atomic E-state index is 0.000495. The van der Waals surface area contributed by atoms with Crippen molar-refractivity contribution in [1.82, 2.24) is 0 Å². The second-order valence-corrected chi connectivity index (χ2v) is 3.68. The van der Waals surface area contributed by atoms with Crippen LogP contribution in [0.25, 0.3) is 0 Å². The van der Waals surface area contributed by atoms with Crippen molar-refractivity contribution in [2.75, 3.05) is 11.9 Å². The first kappa shape index (κ1) is 13.4. The lowest BCUT2D eigenvalue weighted by atomic mass is 10.1. The van der Waals surface area contributed by atoms with E-state index in [1.54, 1.807) is 0 Å². The number of benzene rings is 1. The Hall–Kier alpha value is -1.69. The molecule has 1 atom stereocenters. The molecule has 0 aromatic heterocycles. The molecule has 0 amide bonds. The second-order valence-electron chi connectivity index (χ2n) is 3.68. The topological polar surface area (TPSA) is 75.4 Å². The second kappa shape index (κ2) is 6.15. The Morgan fingerprint density at radius 2 is 2.29 bits per heavy atom. The Kier molecular flexibility index (Phi) is 4.84. The summed E-state index contributed by atoms with van der Waals surface area (Å²) in [5.74, 6) is -0.641. The molecule has 0 fully saturated rings. The van der Waals surface area contributed by atoms with Gasteiger partial charge in [0, 0.05) is 12.6 Å². The summed E-state index contributed by atoms with van der Waals surface area (Å²) in [6.07, 6.45) is 1.21. The monoisotopic (exact) mass is 242 g/mol. The van der Waals surface area contributed by atoms with Crippen LogP contribution in [0.2, 0.25) is 0 Å². The van der Waals surface area contributed by atoms with Crippen molar-refractivity contribution in [3.8, 4) is 0 Å². The summed E-state index contributed by atoms with van der Waals surface area (Å²) in [5.41, 5.74) is -0.0157. The van der Waals surface area contributed by atoms with Gasteiger partial charge in [0.15, 0.2) is 0 Å². The lowest BCUT2D eigenvalue weighted by Gasteiger charge is -2.16. The third kappa shape index (κ3) is 3.67. The predicted octanol–water partition coefficient (Wildman–Crippen LogP) is 2.31. The van der Waals surface area contributed by atoms with Gasteiger partial charge in [0.25, 0.3) is 5.69 Å². The molecule has 0 saturated heterocycles. The smallest absolute Gasteiger partial charge is 0.295 e. The molecule has 0 saturated carbocycles. The predicted molar refractivity (Wildman–Crippen MR) is 62.5 cm³/mol. The number of hydrogen-bond donors (Lipinski definition) is 2. The van der Waals surface area contributed by atoms with Crippen LogP contribution in [0.4, 0.5) is 15.8 Å². The van der Waals surface area contributed by atoms with Gasteiger partial charge in [0.05, 0.1) is 11.0 Å². The zero-order valence-electron chi connectivity index (χ0n) is 9.52. The Bertz CT molecular complexity index is 398. The number of hydrogen-bond acceptors (Lipinski definition) is 4. The lowest BCUT2D eigenvalue weighted by molar-refractivity contribution is -0.384. The zero-order chi connectivity index (χ0) is 12.8. The molecule has 94 valence electrons. The molecule has 1 aromatic carbocycles. The molecule has 1 rings (SSSR count). The summed E-state index contributed by atoms with van der Waals surface area (Å²) in [6, 6.07) is 3.33. The maximum absolute atomic E-state index is 12.9. The highest BCUT2D eigenvalue weighted by Gasteiger charge is 2.17. The molecular weight excluding hydrogens is 227 g/mol. The highest BCUT2D eigenvalue weighted by molar-refractivity contribution is 5.61. The molecule has 6 heteroatoms. The number of nitro groups is 1. The van der Waals surface area contributed by atoms with Crippen molar-refractivity contribution in [3.63, 3.8) is 0 Å². The van der Waals surface area contributed by atoms with Crippen LogP contribution < -0.4 is 5.32 Å².